The van der Waals surface area contributed by atoms with Crippen molar-refractivity contribution in [2.75, 3.05) is 7.11 Å². The van der Waals surface area contributed by atoms with Gasteiger partial charge in [0.25, 0.3) is 0 Å². The van der Waals surface area contributed by atoms with Crippen molar-refractivity contribution in [3.05, 3.63) is 29.6 Å². The topological polar surface area (TPSA) is 42.4 Å². The molecule has 0 fully saturated rings. The number of pyridine rings is 1. The lowest BCUT2D eigenvalue weighted by molar-refractivity contribution is 0.0745. The van der Waals surface area contributed by atoms with Gasteiger partial charge in [-0.3, -0.25) is 4.98 Å². The van der Waals surface area contributed by atoms with E-state index in [1.807, 2.05) is 6.07 Å². The van der Waals surface area contributed by atoms with Crippen molar-refractivity contribution >= 4 is 0 Å². The van der Waals surface area contributed by atoms with E-state index in [-0.39, 0.29) is 0 Å². The van der Waals surface area contributed by atoms with E-state index in [1.165, 1.54) is 0 Å². The molecule has 3 heteroatoms. The highest BCUT2D eigenvalue weighted by Gasteiger charge is 2.19. The predicted molar refractivity (Wildman–Crippen MR) is 50.2 cm³/mol. The summed E-state index contributed by atoms with van der Waals surface area (Å²) in [6.07, 6.45) is 3.39. The molecule has 1 N–H and O–H groups in total. The second kappa shape index (κ2) is 3.85. The molecule has 0 spiro atoms. The van der Waals surface area contributed by atoms with E-state index in [2.05, 4.69) is 4.98 Å². The molecule has 1 rings (SSSR count). The van der Waals surface area contributed by atoms with Crippen LogP contribution in [0.4, 0.5) is 0 Å². The lowest BCUT2D eigenvalue weighted by Crippen LogP contribution is -2.18. The third-order valence-electron chi connectivity index (χ3n) is 1.86. The van der Waals surface area contributed by atoms with Gasteiger partial charge in [0.2, 0.25) is 0 Å². The maximum absolute atomic E-state index is 9.81. The van der Waals surface area contributed by atoms with Crippen LogP contribution in [0.1, 0.15) is 25.0 Å². The van der Waals surface area contributed by atoms with Crippen molar-refractivity contribution in [2.24, 2.45) is 0 Å². The van der Waals surface area contributed by atoms with Crippen LogP contribution in [0.15, 0.2) is 18.5 Å². The van der Waals surface area contributed by atoms with E-state index in [9.17, 15) is 5.11 Å². The molecule has 0 aliphatic carbocycles. The summed E-state index contributed by atoms with van der Waals surface area (Å²) < 4.78 is 5.01. The standard InChI is InChI=1S/C10H15NO2/c1-10(2,12)9-4-5-11-6-8(9)7-13-3/h4-6,12H,7H2,1-3H3. The van der Waals surface area contributed by atoms with Gasteiger partial charge in [-0.05, 0) is 25.5 Å². The zero-order valence-corrected chi connectivity index (χ0v) is 8.24. The zero-order valence-electron chi connectivity index (χ0n) is 8.24. The smallest absolute Gasteiger partial charge is 0.0845 e. The summed E-state index contributed by atoms with van der Waals surface area (Å²) in [6.45, 7) is 3.98. The van der Waals surface area contributed by atoms with Gasteiger partial charge >= 0.3 is 0 Å². The number of nitrogens with zero attached hydrogens (tertiary/aromatic N) is 1. The Kier molecular flexibility index (Phi) is 3.01. The summed E-state index contributed by atoms with van der Waals surface area (Å²) in [5.41, 5.74) is 0.957. The molecule has 0 aromatic carbocycles. The lowest BCUT2D eigenvalue weighted by Gasteiger charge is -2.20. The Labute approximate surface area is 78.4 Å². The summed E-state index contributed by atoms with van der Waals surface area (Å²) in [5, 5.41) is 9.81. The quantitative estimate of drug-likeness (QED) is 0.767. The second-order valence-electron chi connectivity index (χ2n) is 3.52. The molecule has 0 aliphatic rings. The fourth-order valence-electron chi connectivity index (χ4n) is 1.29. The molecule has 1 aromatic rings. The predicted octanol–water partition coefficient (Wildman–Crippen LogP) is 1.46. The first-order valence-electron chi connectivity index (χ1n) is 4.20. The molecule has 0 saturated heterocycles. The Hall–Kier alpha value is -0.930. The van der Waals surface area contributed by atoms with Crippen molar-refractivity contribution in [2.45, 2.75) is 26.1 Å². The summed E-state index contributed by atoms with van der Waals surface area (Å²) in [7, 11) is 1.63. The van der Waals surface area contributed by atoms with E-state index >= 15 is 0 Å². The largest absolute Gasteiger partial charge is 0.386 e. The van der Waals surface area contributed by atoms with E-state index < -0.39 is 5.60 Å². The van der Waals surface area contributed by atoms with Crippen molar-refractivity contribution < 1.29 is 9.84 Å². The van der Waals surface area contributed by atoms with Crippen LogP contribution >= 0.6 is 0 Å². The number of hydrogen-bond acceptors (Lipinski definition) is 3. The molecule has 1 heterocycles. The number of aliphatic hydroxyl groups is 1. The Morgan fingerprint density at radius 2 is 2.23 bits per heavy atom. The average Bonchev–Trinajstić information content (AvgIpc) is 2.04. The van der Waals surface area contributed by atoms with Crippen LogP contribution in [0.25, 0.3) is 0 Å². The van der Waals surface area contributed by atoms with Crippen molar-refractivity contribution in [3.8, 4) is 0 Å². The van der Waals surface area contributed by atoms with Gasteiger partial charge in [0.15, 0.2) is 0 Å². The molecule has 0 radical (unpaired) electrons. The molecular weight excluding hydrogens is 166 g/mol. The van der Waals surface area contributed by atoms with Crippen LogP contribution in [0, 0.1) is 0 Å². The molecule has 0 unspecified atom stereocenters. The van der Waals surface area contributed by atoms with Crippen LogP contribution < -0.4 is 0 Å². The average molecular weight is 181 g/mol. The highest BCUT2D eigenvalue weighted by molar-refractivity contribution is 5.27. The van der Waals surface area contributed by atoms with Gasteiger partial charge in [-0.15, -0.1) is 0 Å². The van der Waals surface area contributed by atoms with E-state index in [1.54, 1.807) is 33.4 Å². The highest BCUT2D eigenvalue weighted by Crippen LogP contribution is 2.22. The fraction of sp³-hybridized carbons (Fsp3) is 0.500. The summed E-state index contributed by atoms with van der Waals surface area (Å²) in [6, 6.07) is 1.81. The zero-order chi connectivity index (χ0) is 9.90. The molecule has 0 saturated carbocycles. The Balaban J connectivity index is 3.05. The van der Waals surface area contributed by atoms with Gasteiger partial charge in [-0.1, -0.05) is 0 Å². The van der Waals surface area contributed by atoms with Crippen LogP contribution in [0.2, 0.25) is 0 Å². The number of ether oxygens (including phenoxy) is 1. The fourth-order valence-corrected chi connectivity index (χ4v) is 1.29. The first-order chi connectivity index (χ1) is 6.05. The van der Waals surface area contributed by atoms with Crippen LogP contribution in [0.3, 0.4) is 0 Å². The van der Waals surface area contributed by atoms with Gasteiger partial charge in [-0.25, -0.2) is 0 Å². The maximum Gasteiger partial charge on any atom is 0.0845 e. The molecule has 1 aromatic heterocycles. The van der Waals surface area contributed by atoms with E-state index in [0.29, 0.717) is 6.61 Å². The molecule has 0 atom stereocenters. The van der Waals surface area contributed by atoms with Gasteiger partial charge in [0, 0.05) is 25.1 Å². The minimum Gasteiger partial charge on any atom is -0.386 e. The van der Waals surface area contributed by atoms with Gasteiger partial charge < -0.3 is 9.84 Å². The minimum atomic E-state index is -0.837. The summed E-state index contributed by atoms with van der Waals surface area (Å²) in [5.74, 6) is 0. The molecule has 72 valence electrons. The van der Waals surface area contributed by atoms with Gasteiger partial charge in [0.05, 0.1) is 12.2 Å². The van der Waals surface area contributed by atoms with Crippen LogP contribution in [-0.2, 0) is 16.9 Å². The summed E-state index contributed by atoms with van der Waals surface area (Å²) in [4.78, 5) is 3.99. The molecular formula is C10H15NO2. The van der Waals surface area contributed by atoms with Gasteiger partial charge in [0.1, 0.15) is 0 Å². The number of methoxy groups -OCH3 is 1. The number of aromatic nitrogens is 1. The first-order valence-corrected chi connectivity index (χ1v) is 4.20. The van der Waals surface area contributed by atoms with Gasteiger partial charge in [-0.2, -0.15) is 0 Å². The van der Waals surface area contributed by atoms with Crippen molar-refractivity contribution in [1.82, 2.24) is 4.98 Å². The first kappa shape index (κ1) is 10.2. The van der Waals surface area contributed by atoms with Crippen molar-refractivity contribution in [3.63, 3.8) is 0 Å². The molecule has 3 nitrogen and oxygen atoms in total. The SMILES string of the molecule is COCc1cnccc1C(C)(C)O. The highest BCUT2D eigenvalue weighted by atomic mass is 16.5. The lowest BCUT2D eigenvalue weighted by atomic mass is 9.95. The van der Waals surface area contributed by atoms with E-state index in [0.717, 1.165) is 11.1 Å². The summed E-state index contributed by atoms with van der Waals surface area (Å²) >= 11 is 0. The molecule has 0 bridgehead atoms. The Morgan fingerprint density at radius 1 is 1.54 bits per heavy atom. The normalized spacial score (nSPS) is 11.7. The Morgan fingerprint density at radius 3 is 2.77 bits per heavy atom. The van der Waals surface area contributed by atoms with Crippen molar-refractivity contribution in [1.29, 1.82) is 0 Å². The van der Waals surface area contributed by atoms with E-state index in [4.69, 9.17) is 4.74 Å². The van der Waals surface area contributed by atoms with Crippen LogP contribution in [0.5, 0.6) is 0 Å². The monoisotopic (exact) mass is 181 g/mol. The van der Waals surface area contributed by atoms with Crippen LogP contribution in [-0.4, -0.2) is 17.2 Å². The third-order valence-corrected chi connectivity index (χ3v) is 1.86. The maximum atomic E-state index is 9.81. The third kappa shape index (κ3) is 2.50. The minimum absolute atomic E-state index is 0.479. The number of rotatable bonds is 3. The molecule has 0 aliphatic heterocycles. The number of hydrogen-bond donors (Lipinski definition) is 1. The molecule has 0 amide bonds. The second-order valence-corrected chi connectivity index (χ2v) is 3.52. The molecule has 13 heavy (non-hydrogen) atoms. The Bertz CT molecular complexity index is 278.